The smallest absolute Gasteiger partial charge is 0.0446 e. The minimum Gasteiger partial charge on any atom is -0.396 e. The second kappa shape index (κ2) is 7.25. The van der Waals surface area contributed by atoms with Gasteiger partial charge in [0.1, 0.15) is 0 Å². The Balaban J connectivity index is 2.39. The molecule has 1 aliphatic rings. The lowest BCUT2D eigenvalue weighted by molar-refractivity contribution is 0.123. The van der Waals surface area contributed by atoms with Gasteiger partial charge in [-0.15, -0.1) is 0 Å². The Morgan fingerprint density at radius 1 is 1.38 bits per heavy atom. The fourth-order valence-corrected chi connectivity index (χ4v) is 2.92. The van der Waals surface area contributed by atoms with Crippen LogP contribution < -0.4 is 5.32 Å². The third kappa shape index (κ3) is 4.04. The fraction of sp³-hybridized carbons (Fsp3) is 1.00. The number of aliphatic hydroxyl groups is 1. The van der Waals surface area contributed by atoms with E-state index in [2.05, 4.69) is 24.2 Å². The fourth-order valence-electron chi connectivity index (χ4n) is 2.92. The molecule has 0 amide bonds. The van der Waals surface area contributed by atoms with E-state index in [1.165, 1.54) is 25.7 Å². The van der Waals surface area contributed by atoms with Crippen LogP contribution in [0.3, 0.4) is 0 Å². The first-order valence-electron chi connectivity index (χ1n) is 6.67. The Bertz CT molecular complexity index is 187. The molecule has 0 spiro atoms. The Morgan fingerprint density at radius 3 is 2.62 bits per heavy atom. The summed E-state index contributed by atoms with van der Waals surface area (Å²) in [6, 6.07) is 1.16. The molecule has 0 aromatic rings. The summed E-state index contributed by atoms with van der Waals surface area (Å²) in [5, 5.41) is 12.3. The molecular formula is C13H28N2O. The van der Waals surface area contributed by atoms with Crippen LogP contribution in [0.15, 0.2) is 0 Å². The average molecular weight is 228 g/mol. The largest absolute Gasteiger partial charge is 0.396 e. The first-order valence-corrected chi connectivity index (χ1v) is 6.67. The van der Waals surface area contributed by atoms with Crippen molar-refractivity contribution >= 4 is 0 Å². The summed E-state index contributed by atoms with van der Waals surface area (Å²) >= 11 is 0. The molecule has 0 saturated heterocycles. The minimum atomic E-state index is 0.277. The molecule has 1 aliphatic carbocycles. The molecule has 0 aliphatic heterocycles. The number of nitrogens with zero attached hydrogens (tertiary/aromatic N) is 1. The van der Waals surface area contributed by atoms with Crippen molar-refractivity contribution < 1.29 is 5.11 Å². The lowest BCUT2D eigenvalue weighted by Crippen LogP contribution is -2.46. The summed E-state index contributed by atoms with van der Waals surface area (Å²) in [6.45, 7) is 3.70. The van der Waals surface area contributed by atoms with Crippen LogP contribution in [0.4, 0.5) is 0 Å². The maximum absolute atomic E-state index is 8.98. The van der Waals surface area contributed by atoms with Gasteiger partial charge in [0, 0.05) is 25.2 Å². The maximum atomic E-state index is 8.98. The van der Waals surface area contributed by atoms with Crippen molar-refractivity contribution in [2.45, 2.75) is 51.1 Å². The van der Waals surface area contributed by atoms with Gasteiger partial charge in [-0.05, 0) is 39.3 Å². The number of likely N-dealkylation sites (N-methyl/N-ethyl adjacent to an activating group) is 2. The summed E-state index contributed by atoms with van der Waals surface area (Å²) in [7, 11) is 4.21. The van der Waals surface area contributed by atoms with Crippen LogP contribution in [0.5, 0.6) is 0 Å². The number of aliphatic hydroxyl groups excluding tert-OH is 1. The zero-order valence-corrected chi connectivity index (χ0v) is 11.1. The predicted molar refractivity (Wildman–Crippen MR) is 68.6 cm³/mol. The molecule has 96 valence electrons. The summed E-state index contributed by atoms with van der Waals surface area (Å²) in [6.07, 6.45) is 6.34. The lowest BCUT2D eigenvalue weighted by atomic mass is 9.85. The molecule has 0 radical (unpaired) electrons. The Kier molecular flexibility index (Phi) is 6.32. The van der Waals surface area contributed by atoms with Crippen LogP contribution >= 0.6 is 0 Å². The molecule has 16 heavy (non-hydrogen) atoms. The standard InChI is InChI=1S/C13H28N2O/c1-11-6-4-5-7-13(11)15(3)10-12(14-2)8-9-16/h11-14,16H,4-10H2,1-3H3. The molecule has 0 aromatic heterocycles. The van der Waals surface area contributed by atoms with Gasteiger partial charge in [-0.25, -0.2) is 0 Å². The highest BCUT2D eigenvalue weighted by Crippen LogP contribution is 2.27. The highest BCUT2D eigenvalue weighted by atomic mass is 16.3. The zero-order chi connectivity index (χ0) is 12.0. The van der Waals surface area contributed by atoms with E-state index in [0.717, 1.165) is 24.9 Å². The molecule has 3 unspecified atom stereocenters. The molecule has 0 heterocycles. The van der Waals surface area contributed by atoms with E-state index >= 15 is 0 Å². The van der Waals surface area contributed by atoms with Crippen LogP contribution in [0.25, 0.3) is 0 Å². The topological polar surface area (TPSA) is 35.5 Å². The van der Waals surface area contributed by atoms with Gasteiger partial charge in [0.25, 0.3) is 0 Å². The van der Waals surface area contributed by atoms with Crippen molar-refractivity contribution in [3.05, 3.63) is 0 Å². The van der Waals surface area contributed by atoms with Gasteiger partial charge in [-0.1, -0.05) is 19.8 Å². The van der Waals surface area contributed by atoms with Gasteiger partial charge >= 0.3 is 0 Å². The van der Waals surface area contributed by atoms with Crippen LogP contribution in [0, 0.1) is 5.92 Å². The minimum absolute atomic E-state index is 0.277. The maximum Gasteiger partial charge on any atom is 0.0446 e. The highest BCUT2D eigenvalue weighted by Gasteiger charge is 2.25. The van der Waals surface area contributed by atoms with E-state index in [4.69, 9.17) is 5.11 Å². The van der Waals surface area contributed by atoms with Crippen molar-refractivity contribution in [1.82, 2.24) is 10.2 Å². The lowest BCUT2D eigenvalue weighted by Gasteiger charge is -2.38. The van der Waals surface area contributed by atoms with Crippen molar-refractivity contribution in [1.29, 1.82) is 0 Å². The molecule has 1 fully saturated rings. The number of nitrogens with one attached hydrogen (secondary N) is 1. The third-order valence-corrected chi connectivity index (χ3v) is 4.03. The third-order valence-electron chi connectivity index (χ3n) is 4.03. The van der Waals surface area contributed by atoms with Gasteiger partial charge in [-0.3, -0.25) is 0 Å². The van der Waals surface area contributed by atoms with Gasteiger partial charge in [0.2, 0.25) is 0 Å². The van der Waals surface area contributed by atoms with Gasteiger partial charge in [0.15, 0.2) is 0 Å². The summed E-state index contributed by atoms with van der Waals surface area (Å²) in [4.78, 5) is 2.49. The highest BCUT2D eigenvalue weighted by molar-refractivity contribution is 4.81. The van der Waals surface area contributed by atoms with E-state index in [1.54, 1.807) is 0 Å². The number of hydrogen-bond acceptors (Lipinski definition) is 3. The summed E-state index contributed by atoms with van der Waals surface area (Å²) in [5.74, 6) is 0.824. The molecule has 3 nitrogen and oxygen atoms in total. The normalized spacial score (nSPS) is 28.3. The number of hydrogen-bond donors (Lipinski definition) is 2. The van der Waals surface area contributed by atoms with Crippen LogP contribution in [-0.4, -0.2) is 49.3 Å². The van der Waals surface area contributed by atoms with Crippen LogP contribution in [-0.2, 0) is 0 Å². The molecule has 2 N–H and O–H groups in total. The summed E-state index contributed by atoms with van der Waals surface area (Å²) in [5.41, 5.74) is 0. The van der Waals surface area contributed by atoms with Crippen molar-refractivity contribution in [3.8, 4) is 0 Å². The Morgan fingerprint density at radius 2 is 2.06 bits per heavy atom. The monoisotopic (exact) mass is 228 g/mol. The van der Waals surface area contributed by atoms with Crippen LogP contribution in [0.2, 0.25) is 0 Å². The molecule has 0 aromatic carbocycles. The van der Waals surface area contributed by atoms with Crippen molar-refractivity contribution in [2.75, 3.05) is 27.2 Å². The SMILES string of the molecule is CNC(CCO)CN(C)C1CCCCC1C. The molecule has 0 bridgehead atoms. The predicted octanol–water partition coefficient (Wildman–Crippen LogP) is 1.47. The van der Waals surface area contributed by atoms with E-state index in [-0.39, 0.29) is 6.61 Å². The van der Waals surface area contributed by atoms with Gasteiger partial charge in [-0.2, -0.15) is 0 Å². The molecular weight excluding hydrogens is 200 g/mol. The second-order valence-electron chi connectivity index (χ2n) is 5.27. The average Bonchev–Trinajstić information content (AvgIpc) is 2.28. The van der Waals surface area contributed by atoms with E-state index in [1.807, 2.05) is 7.05 Å². The summed E-state index contributed by atoms with van der Waals surface area (Å²) < 4.78 is 0. The molecule has 1 rings (SSSR count). The van der Waals surface area contributed by atoms with Gasteiger partial charge in [0.05, 0.1) is 0 Å². The van der Waals surface area contributed by atoms with Crippen LogP contribution in [0.1, 0.15) is 39.0 Å². The van der Waals surface area contributed by atoms with Gasteiger partial charge < -0.3 is 15.3 Å². The molecule has 1 saturated carbocycles. The molecule has 3 atom stereocenters. The molecule has 3 heteroatoms. The number of rotatable bonds is 6. The van der Waals surface area contributed by atoms with E-state index in [9.17, 15) is 0 Å². The Labute approximate surface area is 100 Å². The van der Waals surface area contributed by atoms with Crippen molar-refractivity contribution in [3.63, 3.8) is 0 Å². The zero-order valence-electron chi connectivity index (χ0n) is 11.1. The van der Waals surface area contributed by atoms with Crippen molar-refractivity contribution in [2.24, 2.45) is 5.92 Å². The Hall–Kier alpha value is -0.120. The first-order chi connectivity index (χ1) is 7.69. The first kappa shape index (κ1) is 13.9. The second-order valence-corrected chi connectivity index (χ2v) is 5.27. The van der Waals surface area contributed by atoms with E-state index in [0.29, 0.717) is 6.04 Å². The quantitative estimate of drug-likeness (QED) is 0.722. The van der Waals surface area contributed by atoms with E-state index < -0.39 is 0 Å².